The second-order valence-electron chi connectivity index (χ2n) is 6.78. The van der Waals surface area contributed by atoms with E-state index in [4.69, 9.17) is 56.9 Å². The molecular formula is C22H14Cl4N2O. The summed E-state index contributed by atoms with van der Waals surface area (Å²) in [5.74, 6) is 0.376. The maximum atomic E-state index is 9.72. The second-order valence-corrected chi connectivity index (χ2v) is 8.47. The number of rotatable bonds is 2. The summed E-state index contributed by atoms with van der Waals surface area (Å²) in [6.07, 6.45) is 3.41. The Labute approximate surface area is 188 Å². The van der Waals surface area contributed by atoms with Crippen molar-refractivity contribution in [1.82, 2.24) is 0 Å². The van der Waals surface area contributed by atoms with Crippen molar-refractivity contribution in [3.8, 4) is 6.07 Å². The molecule has 0 fully saturated rings. The zero-order valence-electron chi connectivity index (χ0n) is 15.0. The maximum Gasteiger partial charge on any atom is 0.205 e. The van der Waals surface area contributed by atoms with Gasteiger partial charge in [0.2, 0.25) is 5.88 Å². The Morgan fingerprint density at radius 1 is 1.00 bits per heavy atom. The Hall–Kier alpha value is -2.09. The fraction of sp³-hybridized carbons (Fsp3) is 0.136. The molecule has 3 nitrogen and oxygen atoms in total. The maximum absolute atomic E-state index is 9.72. The number of nitriles is 1. The van der Waals surface area contributed by atoms with Crippen molar-refractivity contribution in [2.45, 2.75) is 18.8 Å². The van der Waals surface area contributed by atoms with Crippen LogP contribution in [0.4, 0.5) is 0 Å². The number of ether oxygens (including phenoxy) is 1. The summed E-state index contributed by atoms with van der Waals surface area (Å²) in [5, 5.41) is 11.8. The molecule has 2 N–H and O–H groups in total. The molecule has 0 spiro atoms. The topological polar surface area (TPSA) is 59.0 Å². The molecule has 2 aromatic carbocycles. The number of allylic oxidation sites excluding steroid dienone is 3. The van der Waals surface area contributed by atoms with E-state index in [1.165, 1.54) is 0 Å². The van der Waals surface area contributed by atoms with E-state index in [1.807, 2.05) is 18.2 Å². The third-order valence-corrected chi connectivity index (χ3v) is 6.17. The lowest BCUT2D eigenvalue weighted by molar-refractivity contribution is 0.292. The van der Waals surface area contributed by atoms with Crippen LogP contribution in [0, 0.1) is 11.3 Å². The predicted octanol–water partition coefficient (Wildman–Crippen LogP) is 7.24. The van der Waals surface area contributed by atoms with Crippen LogP contribution in [0.15, 0.2) is 64.8 Å². The molecule has 0 saturated heterocycles. The van der Waals surface area contributed by atoms with Gasteiger partial charge < -0.3 is 10.5 Å². The molecule has 0 radical (unpaired) electrons. The normalized spacial score (nSPS) is 20.0. The number of hydrogen-bond acceptors (Lipinski definition) is 3. The fourth-order valence-corrected chi connectivity index (χ4v) is 4.71. The van der Waals surface area contributed by atoms with Crippen molar-refractivity contribution >= 4 is 52.5 Å². The summed E-state index contributed by atoms with van der Waals surface area (Å²) in [6, 6.07) is 12.8. The first kappa shape index (κ1) is 20.2. The molecule has 1 aliphatic heterocycles. The SMILES string of the molecule is N#CC1=C(N)OC2=C(CC/C2=C\c2ccc(Cl)cc2Cl)C1c1ccc(Cl)cc1Cl. The molecule has 2 aliphatic rings. The molecule has 1 atom stereocenters. The highest BCUT2D eigenvalue weighted by Crippen LogP contribution is 2.50. The molecule has 0 aromatic heterocycles. The van der Waals surface area contributed by atoms with Crippen molar-refractivity contribution < 1.29 is 4.74 Å². The lowest BCUT2D eigenvalue weighted by atomic mass is 9.83. The van der Waals surface area contributed by atoms with E-state index in [2.05, 4.69) is 6.07 Å². The van der Waals surface area contributed by atoms with Gasteiger partial charge in [-0.25, -0.2) is 0 Å². The zero-order chi connectivity index (χ0) is 20.7. The summed E-state index contributed by atoms with van der Waals surface area (Å²) in [7, 11) is 0. The lowest BCUT2D eigenvalue weighted by Gasteiger charge is -2.27. The highest BCUT2D eigenvalue weighted by atomic mass is 35.5. The average molecular weight is 464 g/mol. The molecule has 1 aliphatic carbocycles. The fourth-order valence-electron chi connectivity index (χ4n) is 3.73. The standard InChI is InChI=1S/C22H14Cl4N2O/c23-13-3-1-11(18(25)8-13)7-12-2-5-16-20(15-6-4-14(24)9-19(15)26)17(10-27)22(28)29-21(12)16/h1,3-4,6-9,20H,2,5,28H2/b12-7+. The van der Waals surface area contributed by atoms with Crippen molar-refractivity contribution in [1.29, 1.82) is 5.26 Å². The van der Waals surface area contributed by atoms with Crippen LogP contribution in [0.5, 0.6) is 0 Å². The highest BCUT2D eigenvalue weighted by Gasteiger charge is 2.38. The van der Waals surface area contributed by atoms with Crippen LogP contribution < -0.4 is 5.73 Å². The van der Waals surface area contributed by atoms with E-state index in [1.54, 1.807) is 24.3 Å². The van der Waals surface area contributed by atoms with E-state index in [9.17, 15) is 5.26 Å². The molecule has 7 heteroatoms. The van der Waals surface area contributed by atoms with Gasteiger partial charge in [-0.15, -0.1) is 0 Å². The van der Waals surface area contributed by atoms with E-state index in [-0.39, 0.29) is 11.8 Å². The first-order valence-electron chi connectivity index (χ1n) is 8.80. The predicted molar refractivity (Wildman–Crippen MR) is 118 cm³/mol. The summed E-state index contributed by atoms with van der Waals surface area (Å²) in [4.78, 5) is 0. The van der Waals surface area contributed by atoms with Gasteiger partial charge in [-0.1, -0.05) is 58.5 Å². The van der Waals surface area contributed by atoms with Gasteiger partial charge in [0.15, 0.2) is 0 Å². The molecule has 146 valence electrons. The van der Waals surface area contributed by atoms with Crippen LogP contribution in [0.2, 0.25) is 20.1 Å². The Balaban J connectivity index is 1.83. The van der Waals surface area contributed by atoms with Gasteiger partial charge in [-0.2, -0.15) is 5.26 Å². The van der Waals surface area contributed by atoms with Crippen molar-refractivity contribution in [3.63, 3.8) is 0 Å². The summed E-state index contributed by atoms with van der Waals surface area (Å²) in [5.41, 5.74) is 10.00. The Bertz CT molecular complexity index is 1160. The molecule has 0 bridgehead atoms. The first-order chi connectivity index (χ1) is 13.9. The number of nitrogens with two attached hydrogens (primary N) is 1. The number of nitrogens with zero attached hydrogens (tertiary/aromatic N) is 1. The molecule has 29 heavy (non-hydrogen) atoms. The van der Waals surface area contributed by atoms with E-state index in [0.717, 1.165) is 28.7 Å². The van der Waals surface area contributed by atoms with E-state index in [0.29, 0.717) is 37.8 Å². The van der Waals surface area contributed by atoms with Crippen LogP contribution in [0.1, 0.15) is 29.9 Å². The Morgan fingerprint density at radius 3 is 2.34 bits per heavy atom. The number of benzene rings is 2. The van der Waals surface area contributed by atoms with Gasteiger partial charge >= 0.3 is 0 Å². The van der Waals surface area contributed by atoms with Gasteiger partial charge in [0, 0.05) is 20.1 Å². The van der Waals surface area contributed by atoms with Crippen LogP contribution >= 0.6 is 46.4 Å². The van der Waals surface area contributed by atoms with Crippen molar-refractivity contribution in [2.24, 2.45) is 5.73 Å². The molecular weight excluding hydrogens is 450 g/mol. The third kappa shape index (κ3) is 3.74. The lowest BCUT2D eigenvalue weighted by Crippen LogP contribution is -2.19. The van der Waals surface area contributed by atoms with Crippen molar-refractivity contribution in [3.05, 3.63) is 96.0 Å². The molecule has 0 amide bonds. The van der Waals surface area contributed by atoms with Gasteiger partial charge in [0.05, 0.1) is 5.92 Å². The Morgan fingerprint density at radius 2 is 1.69 bits per heavy atom. The summed E-state index contributed by atoms with van der Waals surface area (Å²) >= 11 is 24.8. The third-order valence-electron chi connectivity index (χ3n) is 5.05. The smallest absolute Gasteiger partial charge is 0.205 e. The molecule has 1 unspecified atom stereocenters. The van der Waals surface area contributed by atoms with Gasteiger partial charge in [0.1, 0.15) is 17.4 Å². The van der Waals surface area contributed by atoms with Crippen LogP contribution in [0.3, 0.4) is 0 Å². The largest absolute Gasteiger partial charge is 0.440 e. The monoisotopic (exact) mass is 462 g/mol. The number of hydrogen-bond donors (Lipinski definition) is 1. The van der Waals surface area contributed by atoms with E-state index < -0.39 is 0 Å². The summed E-state index contributed by atoms with van der Waals surface area (Å²) in [6.45, 7) is 0. The van der Waals surface area contributed by atoms with Gasteiger partial charge in [-0.3, -0.25) is 0 Å². The minimum atomic E-state index is -0.375. The van der Waals surface area contributed by atoms with Crippen LogP contribution in [-0.2, 0) is 4.74 Å². The summed E-state index contributed by atoms with van der Waals surface area (Å²) < 4.78 is 5.89. The molecule has 2 aromatic rings. The average Bonchev–Trinajstić information content (AvgIpc) is 3.05. The Kier molecular flexibility index (Phi) is 5.55. The minimum Gasteiger partial charge on any atom is -0.440 e. The van der Waals surface area contributed by atoms with Gasteiger partial charge in [-0.05, 0) is 65.5 Å². The zero-order valence-corrected chi connectivity index (χ0v) is 18.0. The molecule has 1 heterocycles. The number of halogens is 4. The molecule has 0 saturated carbocycles. The van der Waals surface area contributed by atoms with Crippen LogP contribution in [-0.4, -0.2) is 0 Å². The van der Waals surface area contributed by atoms with E-state index >= 15 is 0 Å². The minimum absolute atomic E-state index is 0.0808. The van der Waals surface area contributed by atoms with Gasteiger partial charge in [0.25, 0.3) is 0 Å². The van der Waals surface area contributed by atoms with Crippen LogP contribution in [0.25, 0.3) is 6.08 Å². The van der Waals surface area contributed by atoms with Crippen molar-refractivity contribution in [2.75, 3.05) is 0 Å². The first-order valence-corrected chi connectivity index (χ1v) is 10.3. The second kappa shape index (κ2) is 7.97. The highest BCUT2D eigenvalue weighted by molar-refractivity contribution is 6.36. The quantitative estimate of drug-likeness (QED) is 0.510. The molecule has 4 rings (SSSR count).